The van der Waals surface area contributed by atoms with Gasteiger partial charge in [0.25, 0.3) is 8.05 Å². The van der Waals surface area contributed by atoms with Gasteiger partial charge in [-0.05, 0) is 12.2 Å². The maximum Gasteiger partial charge on any atom is 0.277 e. The van der Waals surface area contributed by atoms with Crippen LogP contribution in [0.3, 0.4) is 0 Å². The lowest BCUT2D eigenvalue weighted by atomic mass is 9.95. The summed E-state index contributed by atoms with van der Waals surface area (Å²) in [5.41, 5.74) is 1.01. The Bertz CT molecular complexity index is 359. The van der Waals surface area contributed by atoms with Crippen molar-refractivity contribution in [2.45, 2.75) is 0 Å². The summed E-state index contributed by atoms with van der Waals surface area (Å²) in [6, 6.07) is 6.84. The average molecular weight is 186 g/mol. The smallest absolute Gasteiger partial charge is 0.277 e. The number of carbonyl (C=O) groups is 2. The predicted molar refractivity (Wildman–Crippen MR) is 52.2 cm³/mol. The van der Waals surface area contributed by atoms with E-state index in [1.54, 1.807) is 24.3 Å². The maximum atomic E-state index is 11.2. The molecule has 0 heterocycles. The van der Waals surface area contributed by atoms with E-state index in [1.807, 2.05) is 0 Å². The molecule has 0 spiro atoms. The Morgan fingerprint density at radius 2 is 1.21 bits per heavy atom. The third-order valence-electron chi connectivity index (χ3n) is 1.84. The summed E-state index contributed by atoms with van der Waals surface area (Å²) < 4.78 is 0. The van der Waals surface area contributed by atoms with Crippen molar-refractivity contribution >= 4 is 19.6 Å². The molecule has 0 saturated heterocycles. The molecule has 0 amide bonds. The Kier molecular flexibility index (Phi) is 3.37. The molecule has 0 unspecified atom stereocenters. The van der Waals surface area contributed by atoms with Crippen molar-refractivity contribution < 1.29 is 14.6 Å². The highest BCUT2D eigenvalue weighted by Crippen LogP contribution is 2.15. The molecular formula is C10H7BO3. The Morgan fingerprint density at radius 3 is 1.57 bits per heavy atom. The molecule has 1 aromatic carbocycles. The largest absolute Gasteiger partial charge is 0.461 e. The molecule has 0 bridgehead atoms. The van der Waals surface area contributed by atoms with Gasteiger partial charge < -0.3 is 5.02 Å². The van der Waals surface area contributed by atoms with Crippen LogP contribution in [-0.4, -0.2) is 24.6 Å². The summed E-state index contributed by atoms with van der Waals surface area (Å²) >= 11 is 0. The first-order chi connectivity index (χ1) is 6.79. The van der Waals surface area contributed by atoms with Crippen LogP contribution in [0.15, 0.2) is 36.4 Å². The van der Waals surface area contributed by atoms with E-state index in [9.17, 15) is 9.59 Å². The molecule has 0 aromatic heterocycles. The van der Waals surface area contributed by atoms with Crippen molar-refractivity contribution in [2.75, 3.05) is 0 Å². The van der Waals surface area contributed by atoms with Gasteiger partial charge in [-0.2, -0.15) is 0 Å². The number of hydrogen-bond donors (Lipinski definition) is 1. The zero-order chi connectivity index (χ0) is 10.6. The van der Waals surface area contributed by atoms with Crippen molar-refractivity contribution in [2.24, 2.45) is 0 Å². The Hall–Kier alpha value is -1.68. The molecule has 1 aliphatic rings. The SMILES string of the molecule is O=C1C=CC(=O)c2ccccc21.[B]O. The molecule has 0 saturated carbocycles. The third-order valence-corrected chi connectivity index (χ3v) is 1.84. The highest BCUT2D eigenvalue weighted by atomic mass is 16.2. The van der Waals surface area contributed by atoms with Gasteiger partial charge in [0.15, 0.2) is 11.6 Å². The quantitative estimate of drug-likeness (QED) is 0.606. The number of allylic oxidation sites excluding steroid dienone is 2. The van der Waals surface area contributed by atoms with Crippen molar-refractivity contribution in [1.82, 2.24) is 0 Å². The monoisotopic (exact) mass is 186 g/mol. The molecule has 68 valence electrons. The Labute approximate surface area is 82.5 Å². The minimum absolute atomic E-state index is 0.0924. The molecule has 1 N–H and O–H groups in total. The summed E-state index contributed by atoms with van der Waals surface area (Å²) in [4.78, 5) is 22.4. The van der Waals surface area contributed by atoms with E-state index in [1.165, 1.54) is 12.2 Å². The lowest BCUT2D eigenvalue weighted by Crippen LogP contribution is -2.10. The number of carbonyl (C=O) groups excluding carboxylic acids is 2. The molecule has 3 nitrogen and oxygen atoms in total. The van der Waals surface area contributed by atoms with Crippen molar-refractivity contribution in [1.29, 1.82) is 0 Å². The van der Waals surface area contributed by atoms with Gasteiger partial charge >= 0.3 is 0 Å². The lowest BCUT2D eigenvalue weighted by molar-refractivity contribution is 0.0994. The first kappa shape index (κ1) is 10.4. The topological polar surface area (TPSA) is 54.4 Å². The maximum absolute atomic E-state index is 11.2. The van der Waals surface area contributed by atoms with Crippen LogP contribution in [0.2, 0.25) is 0 Å². The highest BCUT2D eigenvalue weighted by molar-refractivity contribution is 6.21. The molecular weight excluding hydrogens is 179 g/mol. The molecule has 14 heavy (non-hydrogen) atoms. The number of benzene rings is 1. The van der Waals surface area contributed by atoms with Gasteiger partial charge in [-0.25, -0.2) is 0 Å². The standard InChI is InChI=1S/C10H6O2.BHO/c11-9-5-6-10(12)8-4-2-1-3-7(8)9;1-2/h1-6H;2H. The van der Waals surface area contributed by atoms with E-state index < -0.39 is 0 Å². The molecule has 0 fully saturated rings. The van der Waals surface area contributed by atoms with Gasteiger partial charge in [0.1, 0.15) is 0 Å². The summed E-state index contributed by atoms with van der Waals surface area (Å²) in [6.07, 6.45) is 2.62. The fourth-order valence-corrected chi connectivity index (χ4v) is 1.24. The highest BCUT2D eigenvalue weighted by Gasteiger charge is 2.16. The van der Waals surface area contributed by atoms with Crippen LogP contribution < -0.4 is 0 Å². The van der Waals surface area contributed by atoms with Crippen LogP contribution in [0, 0.1) is 0 Å². The van der Waals surface area contributed by atoms with E-state index in [-0.39, 0.29) is 11.6 Å². The van der Waals surface area contributed by atoms with E-state index in [2.05, 4.69) is 8.05 Å². The minimum Gasteiger partial charge on any atom is -0.461 e. The first-order valence-corrected chi connectivity index (χ1v) is 3.90. The fourth-order valence-electron chi connectivity index (χ4n) is 1.24. The minimum atomic E-state index is -0.0924. The van der Waals surface area contributed by atoms with Crippen molar-refractivity contribution in [3.8, 4) is 0 Å². The molecule has 1 aromatic rings. The number of hydrogen-bond acceptors (Lipinski definition) is 3. The molecule has 0 atom stereocenters. The van der Waals surface area contributed by atoms with E-state index in [4.69, 9.17) is 5.02 Å². The summed E-state index contributed by atoms with van der Waals surface area (Å²) in [7, 11) is 3.50. The lowest BCUT2D eigenvalue weighted by Gasteiger charge is -2.06. The second-order valence-corrected chi connectivity index (χ2v) is 2.61. The average Bonchev–Trinajstić information content (AvgIpc) is 2.27. The van der Waals surface area contributed by atoms with E-state index in [0.717, 1.165) is 0 Å². The molecule has 4 heteroatoms. The predicted octanol–water partition coefficient (Wildman–Crippen LogP) is 0.684. The van der Waals surface area contributed by atoms with Gasteiger partial charge in [0, 0.05) is 11.1 Å². The van der Waals surface area contributed by atoms with Crippen LogP contribution in [0.5, 0.6) is 0 Å². The van der Waals surface area contributed by atoms with Gasteiger partial charge in [-0.3, -0.25) is 9.59 Å². The molecule has 2 radical (unpaired) electrons. The summed E-state index contributed by atoms with van der Waals surface area (Å²) in [6.45, 7) is 0. The van der Waals surface area contributed by atoms with Crippen LogP contribution in [0.25, 0.3) is 0 Å². The van der Waals surface area contributed by atoms with Gasteiger partial charge in [0.2, 0.25) is 0 Å². The number of ketones is 2. The first-order valence-electron chi connectivity index (χ1n) is 3.90. The normalized spacial score (nSPS) is 12.9. The zero-order valence-corrected chi connectivity index (χ0v) is 7.31. The van der Waals surface area contributed by atoms with Crippen LogP contribution in [-0.2, 0) is 0 Å². The van der Waals surface area contributed by atoms with E-state index >= 15 is 0 Å². The van der Waals surface area contributed by atoms with E-state index in [0.29, 0.717) is 11.1 Å². The van der Waals surface area contributed by atoms with Gasteiger partial charge in [0.05, 0.1) is 0 Å². The van der Waals surface area contributed by atoms with Crippen LogP contribution in [0.4, 0.5) is 0 Å². The van der Waals surface area contributed by atoms with Gasteiger partial charge in [-0.15, -0.1) is 0 Å². The summed E-state index contributed by atoms with van der Waals surface area (Å²) in [5, 5.41) is 6.50. The zero-order valence-electron chi connectivity index (χ0n) is 7.31. The number of fused-ring (bicyclic) bond motifs is 1. The Balaban J connectivity index is 0.000000461. The third kappa shape index (κ3) is 1.80. The molecule has 2 rings (SSSR count). The van der Waals surface area contributed by atoms with Crippen LogP contribution >= 0.6 is 0 Å². The van der Waals surface area contributed by atoms with Gasteiger partial charge in [-0.1, -0.05) is 24.3 Å². The van der Waals surface area contributed by atoms with Crippen LogP contribution in [0.1, 0.15) is 20.7 Å². The molecule has 1 aliphatic carbocycles. The number of rotatable bonds is 0. The van der Waals surface area contributed by atoms with Crippen molar-refractivity contribution in [3.05, 3.63) is 47.5 Å². The van der Waals surface area contributed by atoms with Crippen molar-refractivity contribution in [3.63, 3.8) is 0 Å². The fraction of sp³-hybridized carbons (Fsp3) is 0. The molecule has 0 aliphatic heterocycles. The second kappa shape index (κ2) is 4.53. The Morgan fingerprint density at radius 1 is 0.857 bits per heavy atom. The summed E-state index contributed by atoms with van der Waals surface area (Å²) in [5.74, 6) is -0.185. The second-order valence-electron chi connectivity index (χ2n) is 2.61.